The maximum Gasteiger partial charge on any atom is 0.341 e. The number of nitrogens with zero attached hydrogens (tertiary/aromatic N) is 1. The van der Waals surface area contributed by atoms with Gasteiger partial charge in [-0.2, -0.15) is 0 Å². The predicted octanol–water partition coefficient (Wildman–Crippen LogP) is 5.45. The molecule has 0 saturated heterocycles. The Morgan fingerprint density at radius 1 is 1.26 bits per heavy atom. The summed E-state index contributed by atoms with van der Waals surface area (Å²) in [5.41, 5.74) is -0.0276. The van der Waals surface area contributed by atoms with Crippen LogP contribution in [0.1, 0.15) is 61.6 Å². The SMILES string of the molecule is CCOc1cc(Cc2cccc(Cl)c2F)cc2c(=O)c(C(=O)O)cn([C@@H](CCO)C(C)(C)C)c12. The van der Waals surface area contributed by atoms with Crippen LogP contribution in [0.25, 0.3) is 10.9 Å². The van der Waals surface area contributed by atoms with E-state index in [1.807, 2.05) is 20.8 Å². The van der Waals surface area contributed by atoms with Gasteiger partial charge in [-0.1, -0.05) is 44.5 Å². The molecule has 1 heterocycles. The molecule has 2 aromatic carbocycles. The molecule has 34 heavy (non-hydrogen) atoms. The Morgan fingerprint density at radius 2 is 1.97 bits per heavy atom. The second kappa shape index (κ2) is 10.2. The number of hydrogen-bond acceptors (Lipinski definition) is 4. The first kappa shape index (κ1) is 25.7. The molecule has 0 amide bonds. The van der Waals surface area contributed by atoms with E-state index in [1.54, 1.807) is 35.8 Å². The molecule has 0 aliphatic heterocycles. The third kappa shape index (κ3) is 5.10. The fraction of sp³-hybridized carbons (Fsp3) is 0.385. The van der Waals surface area contributed by atoms with Crippen LogP contribution in [0.15, 0.2) is 41.3 Å². The molecule has 0 fully saturated rings. The quantitative estimate of drug-likeness (QED) is 0.439. The highest BCUT2D eigenvalue weighted by molar-refractivity contribution is 6.30. The van der Waals surface area contributed by atoms with Crippen molar-refractivity contribution >= 4 is 28.5 Å². The van der Waals surface area contributed by atoms with Crippen LogP contribution in [-0.4, -0.2) is 34.0 Å². The van der Waals surface area contributed by atoms with Crippen LogP contribution in [0.4, 0.5) is 4.39 Å². The molecule has 0 radical (unpaired) electrons. The first-order chi connectivity index (χ1) is 16.0. The third-order valence-corrected chi connectivity index (χ3v) is 6.14. The molecule has 0 bridgehead atoms. The molecule has 0 saturated carbocycles. The summed E-state index contributed by atoms with van der Waals surface area (Å²) < 4.78 is 22.2. The van der Waals surface area contributed by atoms with E-state index in [9.17, 15) is 24.2 Å². The van der Waals surface area contributed by atoms with Crippen LogP contribution >= 0.6 is 11.6 Å². The molecule has 0 spiro atoms. The molecule has 0 aliphatic carbocycles. The second-order valence-electron chi connectivity index (χ2n) is 9.29. The Balaban J connectivity index is 2.38. The molecule has 0 unspecified atom stereocenters. The van der Waals surface area contributed by atoms with E-state index in [2.05, 4.69) is 0 Å². The zero-order chi connectivity index (χ0) is 25.2. The van der Waals surface area contributed by atoms with Crippen LogP contribution in [0, 0.1) is 11.2 Å². The number of aliphatic hydroxyl groups excluding tert-OH is 1. The number of benzene rings is 2. The summed E-state index contributed by atoms with van der Waals surface area (Å²) in [6, 6.07) is 7.70. The standard InChI is InChI=1S/C26H29ClFNO5/c1-5-34-20-13-15(11-16-7-6-8-19(27)22(16)28)12-17-23(20)29(14-18(24(17)31)25(32)33)21(9-10-30)26(2,3)4/h6-8,12-14,21,30H,5,9-11H2,1-4H3,(H,32,33)/t21-/m0/s1. The Kier molecular flexibility index (Phi) is 7.68. The van der Waals surface area contributed by atoms with Gasteiger partial charge >= 0.3 is 5.97 Å². The number of carbonyl (C=O) groups is 1. The number of pyridine rings is 1. The predicted molar refractivity (Wildman–Crippen MR) is 131 cm³/mol. The number of hydrogen-bond donors (Lipinski definition) is 2. The van der Waals surface area contributed by atoms with E-state index in [4.69, 9.17) is 16.3 Å². The topological polar surface area (TPSA) is 88.8 Å². The number of aromatic carboxylic acids is 1. The fourth-order valence-electron chi connectivity index (χ4n) is 4.29. The van der Waals surface area contributed by atoms with Crippen LogP contribution in [0.3, 0.4) is 0 Å². The Hall–Kier alpha value is -2.90. The van der Waals surface area contributed by atoms with E-state index in [1.165, 1.54) is 12.3 Å². The molecule has 6 nitrogen and oxygen atoms in total. The molecular formula is C26H29ClFNO5. The zero-order valence-electron chi connectivity index (χ0n) is 19.7. The van der Waals surface area contributed by atoms with Crippen molar-refractivity contribution in [3.63, 3.8) is 0 Å². The molecule has 3 aromatic rings. The third-order valence-electron chi connectivity index (χ3n) is 5.84. The Labute approximate surface area is 202 Å². The number of ether oxygens (including phenoxy) is 1. The lowest BCUT2D eigenvalue weighted by Crippen LogP contribution is -2.29. The van der Waals surface area contributed by atoms with Crippen molar-refractivity contribution in [1.82, 2.24) is 4.57 Å². The summed E-state index contributed by atoms with van der Waals surface area (Å²) in [5.74, 6) is -1.50. The van der Waals surface area contributed by atoms with Gasteiger partial charge in [-0.3, -0.25) is 4.79 Å². The number of halogens is 2. The van der Waals surface area contributed by atoms with Crippen LogP contribution in [-0.2, 0) is 6.42 Å². The molecule has 0 aliphatic rings. The van der Waals surface area contributed by atoms with E-state index < -0.39 is 17.2 Å². The number of carboxylic acid groups (broad SMARTS) is 1. The van der Waals surface area contributed by atoms with E-state index in [0.29, 0.717) is 35.4 Å². The van der Waals surface area contributed by atoms with Gasteiger partial charge < -0.3 is 19.5 Å². The molecule has 182 valence electrons. The first-order valence-electron chi connectivity index (χ1n) is 11.1. The highest BCUT2D eigenvalue weighted by atomic mass is 35.5. The summed E-state index contributed by atoms with van der Waals surface area (Å²) in [5, 5.41) is 19.6. The van der Waals surface area contributed by atoms with E-state index in [0.717, 1.165) is 0 Å². The molecule has 2 N–H and O–H groups in total. The summed E-state index contributed by atoms with van der Waals surface area (Å²) in [6.07, 6.45) is 1.82. The maximum atomic E-state index is 14.6. The van der Waals surface area contributed by atoms with Crippen molar-refractivity contribution in [2.75, 3.05) is 13.2 Å². The molecule has 1 atom stereocenters. The van der Waals surface area contributed by atoms with Gasteiger partial charge in [0.25, 0.3) is 0 Å². The fourth-order valence-corrected chi connectivity index (χ4v) is 4.49. The molecular weight excluding hydrogens is 461 g/mol. The molecule has 3 rings (SSSR count). The average Bonchev–Trinajstić information content (AvgIpc) is 2.75. The smallest absolute Gasteiger partial charge is 0.341 e. The Bertz CT molecular complexity index is 1280. The number of carboxylic acids is 1. The molecule has 8 heteroatoms. The Morgan fingerprint density at radius 3 is 2.56 bits per heavy atom. The largest absolute Gasteiger partial charge is 0.492 e. The van der Waals surface area contributed by atoms with Crippen molar-refractivity contribution in [1.29, 1.82) is 0 Å². The van der Waals surface area contributed by atoms with Crippen molar-refractivity contribution in [2.45, 2.75) is 46.6 Å². The normalized spacial score (nSPS) is 12.7. The van der Waals surface area contributed by atoms with Gasteiger partial charge in [0.1, 0.15) is 17.1 Å². The summed E-state index contributed by atoms with van der Waals surface area (Å²) in [7, 11) is 0. The second-order valence-corrected chi connectivity index (χ2v) is 9.70. The lowest BCUT2D eigenvalue weighted by Gasteiger charge is -2.34. The van der Waals surface area contributed by atoms with Crippen LogP contribution < -0.4 is 10.2 Å². The van der Waals surface area contributed by atoms with Gasteiger partial charge in [-0.15, -0.1) is 0 Å². The minimum atomic E-state index is -1.35. The van der Waals surface area contributed by atoms with Crippen molar-refractivity contribution < 1.29 is 24.1 Å². The number of aliphatic hydroxyl groups is 1. The first-order valence-corrected chi connectivity index (χ1v) is 11.5. The average molecular weight is 490 g/mol. The summed E-state index contributed by atoms with van der Waals surface area (Å²) in [6.45, 7) is 7.93. The monoisotopic (exact) mass is 489 g/mol. The van der Waals surface area contributed by atoms with Crippen LogP contribution in [0.5, 0.6) is 5.75 Å². The summed E-state index contributed by atoms with van der Waals surface area (Å²) >= 11 is 5.93. The van der Waals surface area contributed by atoms with Gasteiger partial charge in [-0.25, -0.2) is 9.18 Å². The highest BCUT2D eigenvalue weighted by Crippen LogP contribution is 2.38. The summed E-state index contributed by atoms with van der Waals surface area (Å²) in [4.78, 5) is 25.2. The minimum absolute atomic E-state index is 0.00383. The number of aromatic nitrogens is 1. The number of fused-ring (bicyclic) bond motifs is 1. The zero-order valence-corrected chi connectivity index (χ0v) is 20.4. The van der Waals surface area contributed by atoms with E-state index >= 15 is 0 Å². The maximum absolute atomic E-state index is 14.6. The number of rotatable bonds is 8. The van der Waals surface area contributed by atoms with Crippen molar-refractivity contribution in [3.8, 4) is 5.75 Å². The lowest BCUT2D eigenvalue weighted by atomic mass is 9.84. The molecule has 1 aromatic heterocycles. The lowest BCUT2D eigenvalue weighted by molar-refractivity contribution is 0.0693. The van der Waals surface area contributed by atoms with Gasteiger partial charge in [0, 0.05) is 25.3 Å². The van der Waals surface area contributed by atoms with Crippen molar-refractivity contribution in [2.24, 2.45) is 5.41 Å². The highest BCUT2D eigenvalue weighted by Gasteiger charge is 2.30. The van der Waals surface area contributed by atoms with Crippen molar-refractivity contribution in [3.05, 3.63) is 74.3 Å². The van der Waals surface area contributed by atoms with Gasteiger partial charge in [-0.05, 0) is 48.1 Å². The van der Waals surface area contributed by atoms with E-state index in [-0.39, 0.29) is 40.5 Å². The van der Waals surface area contributed by atoms with Gasteiger partial charge in [0.15, 0.2) is 0 Å². The van der Waals surface area contributed by atoms with Gasteiger partial charge in [0.05, 0.1) is 22.5 Å². The minimum Gasteiger partial charge on any atom is -0.492 e. The van der Waals surface area contributed by atoms with Gasteiger partial charge in [0.2, 0.25) is 5.43 Å². The van der Waals surface area contributed by atoms with Crippen LogP contribution in [0.2, 0.25) is 5.02 Å².